The molecule has 0 saturated heterocycles. The van der Waals surface area contributed by atoms with E-state index < -0.39 is 5.82 Å². The number of hydrogen-bond donors (Lipinski definition) is 2. The van der Waals surface area contributed by atoms with Crippen molar-refractivity contribution in [3.8, 4) is 11.5 Å². The van der Waals surface area contributed by atoms with E-state index in [-0.39, 0.29) is 40.8 Å². The van der Waals surface area contributed by atoms with Gasteiger partial charge in [-0.1, -0.05) is 18.5 Å². The van der Waals surface area contributed by atoms with Gasteiger partial charge >= 0.3 is 0 Å². The largest absolute Gasteiger partial charge is 0.494 e. The molecule has 3 fully saturated rings. The van der Waals surface area contributed by atoms with Crippen LogP contribution in [0.4, 0.5) is 4.39 Å². The van der Waals surface area contributed by atoms with Crippen LogP contribution in [0.2, 0.25) is 5.02 Å². The second kappa shape index (κ2) is 9.36. The third-order valence-corrected chi connectivity index (χ3v) is 6.36. The summed E-state index contributed by atoms with van der Waals surface area (Å²) in [6.07, 6.45) is 3.25. The second-order valence-electron chi connectivity index (χ2n) is 8.52. The molecule has 8 heteroatoms. The van der Waals surface area contributed by atoms with Gasteiger partial charge in [-0.3, -0.25) is 9.59 Å². The lowest BCUT2D eigenvalue weighted by Crippen LogP contribution is -2.53. The molecule has 0 aliphatic heterocycles. The van der Waals surface area contributed by atoms with Crippen molar-refractivity contribution in [1.29, 1.82) is 0 Å². The maximum Gasteiger partial charge on any atom is 0.258 e. The van der Waals surface area contributed by atoms with Crippen LogP contribution in [0, 0.1) is 11.7 Å². The van der Waals surface area contributed by atoms with Crippen LogP contribution in [0.15, 0.2) is 42.5 Å². The molecule has 170 valence electrons. The summed E-state index contributed by atoms with van der Waals surface area (Å²) in [5.41, 5.74) is 0.270. The van der Waals surface area contributed by atoms with Gasteiger partial charge in [0.2, 0.25) is 0 Å². The van der Waals surface area contributed by atoms with Crippen LogP contribution in [0.5, 0.6) is 11.5 Å². The number of nitrogens with one attached hydrogen (secondary N) is 2. The average Bonchev–Trinajstić information content (AvgIpc) is 3.26. The maximum atomic E-state index is 13.5. The molecule has 32 heavy (non-hydrogen) atoms. The first-order valence-electron chi connectivity index (χ1n) is 10.8. The van der Waals surface area contributed by atoms with E-state index in [0.717, 1.165) is 31.1 Å². The fraction of sp³-hybridized carbons (Fsp3) is 0.417. The maximum absolute atomic E-state index is 13.5. The molecule has 5 rings (SSSR count). The van der Waals surface area contributed by atoms with Crippen LogP contribution in [0.25, 0.3) is 0 Å². The third-order valence-electron chi connectivity index (χ3n) is 6.06. The molecular weight excluding hydrogens is 435 g/mol. The first kappa shape index (κ1) is 22.4. The Labute approximate surface area is 191 Å². The quantitative estimate of drug-likeness (QED) is 0.590. The van der Waals surface area contributed by atoms with E-state index in [2.05, 4.69) is 10.6 Å². The SMILES string of the molecule is CCCOc1ccc(C(=O)NC2CC3(NC(=O)COc4ccc(Cl)c(F)c4)CC2C3)cc1. The first-order valence-corrected chi connectivity index (χ1v) is 11.2. The summed E-state index contributed by atoms with van der Waals surface area (Å²) in [4.78, 5) is 25.0. The fourth-order valence-corrected chi connectivity index (χ4v) is 4.64. The molecule has 3 saturated carbocycles. The van der Waals surface area contributed by atoms with Crippen LogP contribution in [0.3, 0.4) is 0 Å². The van der Waals surface area contributed by atoms with E-state index in [0.29, 0.717) is 24.5 Å². The van der Waals surface area contributed by atoms with Crippen molar-refractivity contribution >= 4 is 23.4 Å². The van der Waals surface area contributed by atoms with E-state index in [4.69, 9.17) is 21.1 Å². The van der Waals surface area contributed by atoms with Crippen molar-refractivity contribution in [2.24, 2.45) is 5.92 Å². The molecule has 2 aromatic carbocycles. The first-order chi connectivity index (χ1) is 15.4. The highest BCUT2D eigenvalue weighted by Crippen LogP contribution is 2.52. The molecule has 1 unspecified atom stereocenters. The molecule has 6 nitrogen and oxygen atoms in total. The molecule has 2 bridgehead atoms. The van der Waals surface area contributed by atoms with Crippen LogP contribution >= 0.6 is 11.6 Å². The number of hydrogen-bond acceptors (Lipinski definition) is 4. The normalized spacial score (nSPS) is 23.2. The summed E-state index contributed by atoms with van der Waals surface area (Å²) in [7, 11) is 0. The molecule has 3 aliphatic rings. The van der Waals surface area contributed by atoms with Crippen LogP contribution in [-0.2, 0) is 4.79 Å². The van der Waals surface area contributed by atoms with Gasteiger partial charge < -0.3 is 20.1 Å². The molecule has 0 aromatic heterocycles. The minimum Gasteiger partial charge on any atom is -0.494 e. The summed E-state index contributed by atoms with van der Waals surface area (Å²) in [5, 5.41) is 6.14. The van der Waals surface area contributed by atoms with Gasteiger partial charge in [0, 0.05) is 23.2 Å². The second-order valence-corrected chi connectivity index (χ2v) is 8.93. The molecular formula is C24H26ClFN2O4. The van der Waals surface area contributed by atoms with Gasteiger partial charge in [-0.05, 0) is 68.0 Å². The number of fused-ring (bicyclic) bond motifs is 1. The van der Waals surface area contributed by atoms with E-state index in [1.807, 2.05) is 6.92 Å². The van der Waals surface area contributed by atoms with E-state index in [9.17, 15) is 14.0 Å². The Kier molecular flexibility index (Phi) is 6.55. The highest BCUT2D eigenvalue weighted by Gasteiger charge is 2.57. The summed E-state index contributed by atoms with van der Waals surface area (Å²) < 4.78 is 24.4. The standard InChI is InChI=1S/C24H26ClFN2O4/c1-2-9-31-17-5-3-15(4-6-17)23(30)27-21-13-24(11-16(21)12-24)28-22(29)14-32-18-7-8-19(25)20(26)10-18/h3-8,10,16,21H,2,9,11-14H2,1H3,(H,27,30)(H,28,29). The minimum atomic E-state index is -0.595. The Bertz CT molecular complexity index is 992. The average molecular weight is 461 g/mol. The zero-order chi connectivity index (χ0) is 22.7. The number of halogens is 2. The minimum absolute atomic E-state index is 0.000939. The molecule has 3 aliphatic carbocycles. The monoisotopic (exact) mass is 460 g/mol. The van der Waals surface area contributed by atoms with Gasteiger partial charge in [0.15, 0.2) is 6.61 Å². The number of carbonyl (C=O) groups is 2. The van der Waals surface area contributed by atoms with E-state index >= 15 is 0 Å². The zero-order valence-electron chi connectivity index (χ0n) is 17.8. The van der Waals surface area contributed by atoms with Crippen LogP contribution in [-0.4, -0.2) is 36.6 Å². The summed E-state index contributed by atoms with van der Waals surface area (Å²) >= 11 is 5.65. The smallest absolute Gasteiger partial charge is 0.258 e. The van der Waals surface area contributed by atoms with Crippen molar-refractivity contribution < 1.29 is 23.5 Å². The Hall–Kier alpha value is -2.80. The number of amides is 2. The van der Waals surface area contributed by atoms with Crippen molar-refractivity contribution in [2.75, 3.05) is 13.2 Å². The van der Waals surface area contributed by atoms with Crippen molar-refractivity contribution in [2.45, 2.75) is 44.2 Å². The van der Waals surface area contributed by atoms with Gasteiger partial charge in [-0.2, -0.15) is 0 Å². The fourth-order valence-electron chi connectivity index (χ4n) is 4.53. The summed E-state index contributed by atoms with van der Waals surface area (Å²) in [6.45, 7) is 2.47. The lowest BCUT2D eigenvalue weighted by Gasteiger charge is -2.39. The lowest BCUT2D eigenvalue weighted by molar-refractivity contribution is -0.125. The van der Waals surface area contributed by atoms with Gasteiger partial charge in [-0.25, -0.2) is 4.39 Å². The molecule has 0 heterocycles. The van der Waals surface area contributed by atoms with E-state index in [1.165, 1.54) is 12.1 Å². The van der Waals surface area contributed by atoms with Crippen molar-refractivity contribution in [3.63, 3.8) is 0 Å². The highest BCUT2D eigenvalue weighted by molar-refractivity contribution is 6.30. The van der Waals surface area contributed by atoms with E-state index in [1.54, 1.807) is 24.3 Å². The van der Waals surface area contributed by atoms with Crippen molar-refractivity contribution in [3.05, 3.63) is 58.9 Å². The number of benzene rings is 2. The molecule has 0 spiro atoms. The van der Waals surface area contributed by atoms with Gasteiger partial charge in [0.05, 0.1) is 11.6 Å². The van der Waals surface area contributed by atoms with Gasteiger partial charge in [0.25, 0.3) is 11.8 Å². The number of carbonyl (C=O) groups excluding carboxylic acids is 2. The Morgan fingerprint density at radius 3 is 2.50 bits per heavy atom. The number of rotatable bonds is 9. The van der Waals surface area contributed by atoms with Crippen molar-refractivity contribution in [1.82, 2.24) is 10.6 Å². The van der Waals surface area contributed by atoms with Gasteiger partial charge in [-0.15, -0.1) is 0 Å². The Morgan fingerprint density at radius 1 is 1.09 bits per heavy atom. The lowest BCUT2D eigenvalue weighted by atomic mass is 9.76. The van der Waals surface area contributed by atoms with Crippen LogP contribution < -0.4 is 20.1 Å². The highest BCUT2D eigenvalue weighted by atomic mass is 35.5. The zero-order valence-corrected chi connectivity index (χ0v) is 18.6. The Morgan fingerprint density at radius 2 is 1.81 bits per heavy atom. The Balaban J connectivity index is 1.25. The topological polar surface area (TPSA) is 76.7 Å². The summed E-state index contributed by atoms with van der Waals surface area (Å²) in [6, 6.07) is 11.2. The molecule has 2 amide bonds. The molecule has 0 radical (unpaired) electrons. The number of ether oxygens (including phenoxy) is 2. The predicted molar refractivity (Wildman–Crippen MR) is 119 cm³/mol. The molecule has 1 atom stereocenters. The molecule has 2 N–H and O–H groups in total. The predicted octanol–water partition coefficient (Wildman–Crippen LogP) is 4.11. The third kappa shape index (κ3) is 4.99. The summed E-state index contributed by atoms with van der Waals surface area (Å²) in [5.74, 6) is 0.346. The molecule has 2 aromatic rings. The van der Waals surface area contributed by atoms with Crippen LogP contribution in [0.1, 0.15) is 43.0 Å². The van der Waals surface area contributed by atoms with Gasteiger partial charge in [0.1, 0.15) is 17.3 Å².